The zero-order valence-corrected chi connectivity index (χ0v) is 14.5. The molecule has 4 nitrogen and oxygen atoms in total. The van der Waals surface area contributed by atoms with E-state index in [1.54, 1.807) is 12.1 Å². The molecule has 1 amide bonds. The molecule has 7 heteroatoms. The van der Waals surface area contributed by atoms with Crippen LogP contribution in [0.2, 0.25) is 0 Å². The number of hydrogen-bond donors (Lipinski definition) is 1. The summed E-state index contributed by atoms with van der Waals surface area (Å²) in [6.45, 7) is 0.478. The summed E-state index contributed by atoms with van der Waals surface area (Å²) >= 11 is 0. The molecular weight excluding hydrogens is 357 g/mol. The summed E-state index contributed by atoms with van der Waals surface area (Å²) in [6, 6.07) is 12.7. The Kier molecular flexibility index (Phi) is 4.55. The molecule has 0 aromatic heterocycles. The van der Waals surface area contributed by atoms with Gasteiger partial charge in [0.25, 0.3) is 0 Å². The molecule has 0 spiro atoms. The van der Waals surface area contributed by atoms with Crippen LogP contribution in [0.1, 0.15) is 22.7 Å². The minimum absolute atomic E-state index is 0.116. The predicted octanol–water partition coefficient (Wildman–Crippen LogP) is 3.72. The minimum atomic E-state index is -3.52. The first-order chi connectivity index (χ1) is 13.0. The van der Waals surface area contributed by atoms with Crippen molar-refractivity contribution in [1.82, 2.24) is 10.2 Å². The molecule has 0 bridgehead atoms. The summed E-state index contributed by atoms with van der Waals surface area (Å²) in [5.41, 5.74) is 2.51. The Hall–Kier alpha value is -2.54. The van der Waals surface area contributed by atoms with Crippen molar-refractivity contribution in [1.29, 1.82) is 0 Å². The van der Waals surface area contributed by atoms with Crippen molar-refractivity contribution in [2.45, 2.75) is 18.6 Å². The van der Waals surface area contributed by atoms with Crippen molar-refractivity contribution in [3.8, 4) is 0 Å². The van der Waals surface area contributed by atoms with Crippen LogP contribution in [-0.4, -0.2) is 36.7 Å². The first-order valence-electron chi connectivity index (χ1n) is 8.87. The first kappa shape index (κ1) is 17.9. The van der Waals surface area contributed by atoms with Gasteiger partial charge in [-0.25, -0.2) is 9.18 Å². The number of nitrogens with one attached hydrogen (secondary N) is 1. The summed E-state index contributed by atoms with van der Waals surface area (Å²) in [7, 11) is 0. The van der Waals surface area contributed by atoms with Crippen LogP contribution in [0.25, 0.3) is 0 Å². The summed E-state index contributed by atoms with van der Waals surface area (Å²) in [5, 5.41) is 2.75. The second-order valence-corrected chi connectivity index (χ2v) is 6.88. The molecule has 2 aliphatic rings. The van der Waals surface area contributed by atoms with E-state index in [1.165, 1.54) is 17.0 Å². The molecular formula is C20H19F3N2O2. The van der Waals surface area contributed by atoms with Gasteiger partial charge < -0.3 is 10.1 Å². The normalized spacial score (nSPS) is 20.0. The molecule has 0 saturated carbocycles. The molecule has 0 aliphatic carbocycles. The second-order valence-electron chi connectivity index (χ2n) is 6.88. The zero-order valence-electron chi connectivity index (χ0n) is 14.5. The maximum Gasteiger partial charge on any atom is 0.415 e. The fourth-order valence-electron chi connectivity index (χ4n) is 3.55. The number of nitrogens with zero attached hydrogens (tertiary/aromatic N) is 1. The van der Waals surface area contributed by atoms with E-state index in [-0.39, 0.29) is 19.6 Å². The van der Waals surface area contributed by atoms with Crippen molar-refractivity contribution in [3.05, 3.63) is 71.0 Å². The summed E-state index contributed by atoms with van der Waals surface area (Å²) in [4.78, 5) is 13.9. The monoisotopic (exact) mass is 376 g/mol. The first-order valence-corrected chi connectivity index (χ1v) is 8.87. The summed E-state index contributed by atoms with van der Waals surface area (Å²) in [5.74, 6) is -1.41. The Balaban J connectivity index is 1.66. The number of carbonyl (C=O) groups excluding carboxylic acids is 1. The topological polar surface area (TPSA) is 41.6 Å². The van der Waals surface area contributed by atoms with Crippen LogP contribution in [0.15, 0.2) is 48.5 Å². The SMILES string of the molecule is O=C(OC(F)(F)C1CNC1)N1CCc2ccccc2[C@@H]1c1ccc(F)cc1. The Bertz CT molecular complexity index is 837. The highest BCUT2D eigenvalue weighted by atomic mass is 19.3. The van der Waals surface area contributed by atoms with Gasteiger partial charge in [-0.3, -0.25) is 4.90 Å². The lowest BCUT2D eigenvalue weighted by molar-refractivity contribution is -0.248. The fraction of sp³-hybridized carbons (Fsp3) is 0.350. The van der Waals surface area contributed by atoms with Gasteiger partial charge in [-0.05, 0) is 35.2 Å². The van der Waals surface area contributed by atoms with Crippen LogP contribution < -0.4 is 5.32 Å². The number of benzene rings is 2. The largest absolute Gasteiger partial charge is 0.415 e. The summed E-state index contributed by atoms with van der Waals surface area (Å²) < 4.78 is 46.3. The summed E-state index contributed by atoms with van der Waals surface area (Å²) in [6.07, 6.45) is -4.04. The van der Waals surface area contributed by atoms with E-state index < -0.39 is 30.0 Å². The Morgan fingerprint density at radius 1 is 1.11 bits per heavy atom. The highest BCUT2D eigenvalue weighted by molar-refractivity contribution is 5.70. The lowest BCUT2D eigenvalue weighted by Crippen LogP contribution is -2.55. The van der Waals surface area contributed by atoms with Crippen LogP contribution in [0.4, 0.5) is 18.0 Å². The number of fused-ring (bicyclic) bond motifs is 1. The van der Waals surface area contributed by atoms with Gasteiger partial charge in [0, 0.05) is 19.6 Å². The van der Waals surface area contributed by atoms with Crippen molar-refractivity contribution < 1.29 is 22.7 Å². The van der Waals surface area contributed by atoms with E-state index in [0.717, 1.165) is 11.1 Å². The van der Waals surface area contributed by atoms with E-state index in [9.17, 15) is 18.0 Å². The van der Waals surface area contributed by atoms with E-state index in [0.29, 0.717) is 12.0 Å². The highest BCUT2D eigenvalue weighted by Gasteiger charge is 2.48. The molecule has 0 radical (unpaired) electrons. The lowest BCUT2D eigenvalue weighted by Gasteiger charge is -2.39. The lowest BCUT2D eigenvalue weighted by atomic mass is 9.88. The van der Waals surface area contributed by atoms with Gasteiger partial charge >= 0.3 is 12.2 Å². The van der Waals surface area contributed by atoms with E-state index in [4.69, 9.17) is 0 Å². The number of carbonyl (C=O) groups is 1. The van der Waals surface area contributed by atoms with E-state index >= 15 is 0 Å². The molecule has 2 aliphatic heterocycles. The third-order valence-corrected chi connectivity index (χ3v) is 5.18. The zero-order chi connectivity index (χ0) is 19.0. The van der Waals surface area contributed by atoms with Gasteiger partial charge in [0.2, 0.25) is 0 Å². The van der Waals surface area contributed by atoms with Gasteiger partial charge in [-0.1, -0.05) is 36.4 Å². The quantitative estimate of drug-likeness (QED) is 0.888. The Labute approximate surface area is 154 Å². The number of halogens is 3. The maximum atomic E-state index is 14.2. The van der Waals surface area contributed by atoms with E-state index in [2.05, 4.69) is 10.1 Å². The fourth-order valence-corrected chi connectivity index (χ4v) is 3.55. The van der Waals surface area contributed by atoms with E-state index in [1.807, 2.05) is 24.3 Å². The van der Waals surface area contributed by atoms with Crippen molar-refractivity contribution in [2.75, 3.05) is 19.6 Å². The number of rotatable bonds is 3. The molecule has 1 N–H and O–H groups in total. The average molecular weight is 376 g/mol. The predicted molar refractivity (Wildman–Crippen MR) is 92.9 cm³/mol. The maximum absolute atomic E-state index is 14.2. The smallest absolute Gasteiger partial charge is 0.383 e. The Morgan fingerprint density at radius 2 is 1.81 bits per heavy atom. The van der Waals surface area contributed by atoms with Gasteiger partial charge in [-0.15, -0.1) is 0 Å². The molecule has 1 fully saturated rings. The molecule has 142 valence electrons. The molecule has 2 aromatic carbocycles. The molecule has 2 aromatic rings. The van der Waals surface area contributed by atoms with Crippen LogP contribution in [0, 0.1) is 11.7 Å². The number of ether oxygens (including phenoxy) is 1. The number of hydrogen-bond acceptors (Lipinski definition) is 3. The number of amides is 1. The van der Waals surface area contributed by atoms with Crippen molar-refractivity contribution >= 4 is 6.09 Å². The third kappa shape index (κ3) is 3.39. The molecule has 1 atom stereocenters. The average Bonchev–Trinajstić information content (AvgIpc) is 2.59. The van der Waals surface area contributed by atoms with Crippen molar-refractivity contribution in [2.24, 2.45) is 5.92 Å². The van der Waals surface area contributed by atoms with Crippen LogP contribution in [0.3, 0.4) is 0 Å². The molecule has 27 heavy (non-hydrogen) atoms. The van der Waals surface area contributed by atoms with Crippen LogP contribution in [-0.2, 0) is 11.2 Å². The van der Waals surface area contributed by atoms with Gasteiger partial charge in [-0.2, -0.15) is 8.78 Å². The standard InChI is InChI=1S/C20H19F3N2O2/c21-16-7-5-14(6-8-16)18-17-4-2-1-3-13(17)9-10-25(18)19(26)27-20(22,23)15-11-24-12-15/h1-8,15,18,24H,9-12H2/t18-/m0/s1. The van der Waals surface area contributed by atoms with Gasteiger partial charge in [0.1, 0.15) is 5.82 Å². The molecule has 1 saturated heterocycles. The van der Waals surface area contributed by atoms with Gasteiger partial charge in [0.05, 0.1) is 12.0 Å². The second kappa shape index (κ2) is 6.88. The minimum Gasteiger partial charge on any atom is -0.383 e. The molecule has 0 unspecified atom stereocenters. The van der Waals surface area contributed by atoms with Crippen molar-refractivity contribution in [3.63, 3.8) is 0 Å². The van der Waals surface area contributed by atoms with Crippen LogP contribution >= 0.6 is 0 Å². The number of alkyl halides is 2. The Morgan fingerprint density at radius 3 is 2.48 bits per heavy atom. The van der Waals surface area contributed by atoms with Crippen LogP contribution in [0.5, 0.6) is 0 Å². The highest BCUT2D eigenvalue weighted by Crippen LogP contribution is 2.37. The van der Waals surface area contributed by atoms with Gasteiger partial charge in [0.15, 0.2) is 0 Å². The molecule has 4 rings (SSSR count). The molecule has 2 heterocycles. The third-order valence-electron chi connectivity index (χ3n) is 5.18.